The van der Waals surface area contributed by atoms with Crippen molar-refractivity contribution >= 4 is 23.0 Å². The summed E-state index contributed by atoms with van der Waals surface area (Å²) in [4.78, 5) is 12.9. The number of aromatic nitrogens is 2. The van der Waals surface area contributed by atoms with Crippen LogP contribution in [0.4, 0.5) is 0 Å². The highest BCUT2D eigenvalue weighted by Gasteiger charge is 2.30. The Labute approximate surface area is 173 Å². The molecule has 0 aliphatic carbocycles. The van der Waals surface area contributed by atoms with Crippen LogP contribution in [0.2, 0.25) is 5.02 Å². The van der Waals surface area contributed by atoms with Gasteiger partial charge in [-0.25, -0.2) is 4.52 Å². The number of carbonyl (C=O) groups excluding carboxylic acids is 1. The Morgan fingerprint density at radius 2 is 2.14 bits per heavy atom. The number of nitrogens with two attached hydrogens (primary N) is 1. The summed E-state index contributed by atoms with van der Waals surface area (Å²) >= 11 is 6.17. The normalized spacial score (nSPS) is 13.1. The molecule has 4 N–H and O–H groups in total. The first-order valence-corrected chi connectivity index (χ1v) is 9.36. The molecule has 3 rings (SSSR count). The third-order valence-electron chi connectivity index (χ3n) is 4.78. The molecule has 3 aromatic rings. The van der Waals surface area contributed by atoms with Crippen LogP contribution < -0.4 is 15.8 Å². The van der Waals surface area contributed by atoms with E-state index in [0.717, 1.165) is 5.56 Å². The van der Waals surface area contributed by atoms with Crippen molar-refractivity contribution in [3.8, 4) is 5.75 Å². The number of pyridine rings is 1. The summed E-state index contributed by atoms with van der Waals surface area (Å²) in [6.45, 7) is 6.90. The van der Waals surface area contributed by atoms with Gasteiger partial charge in [-0.1, -0.05) is 36.4 Å². The number of benzene rings is 1. The van der Waals surface area contributed by atoms with Crippen LogP contribution in [0, 0.1) is 6.92 Å². The van der Waals surface area contributed by atoms with E-state index in [1.807, 2.05) is 18.2 Å². The van der Waals surface area contributed by atoms with Crippen LogP contribution in [-0.4, -0.2) is 32.8 Å². The van der Waals surface area contributed by atoms with Crippen LogP contribution in [0.25, 0.3) is 5.52 Å². The van der Waals surface area contributed by atoms with Crippen LogP contribution in [0.1, 0.15) is 28.5 Å². The molecule has 0 aliphatic heterocycles. The average molecular weight is 415 g/mol. The maximum absolute atomic E-state index is 12.9. The molecule has 0 saturated carbocycles. The van der Waals surface area contributed by atoms with Gasteiger partial charge in [0.05, 0.1) is 28.9 Å². The first-order valence-electron chi connectivity index (χ1n) is 8.98. The second-order valence-corrected chi connectivity index (χ2v) is 7.41. The van der Waals surface area contributed by atoms with E-state index in [9.17, 15) is 9.90 Å². The predicted molar refractivity (Wildman–Crippen MR) is 112 cm³/mol. The molecule has 0 spiro atoms. The van der Waals surface area contributed by atoms with Gasteiger partial charge in [0.2, 0.25) is 0 Å². The van der Waals surface area contributed by atoms with Gasteiger partial charge in [0.25, 0.3) is 5.91 Å². The topological polar surface area (TPSA) is 102 Å². The number of aryl methyl sites for hydroxylation is 1. The molecule has 0 aliphatic rings. The molecule has 8 heteroatoms. The maximum Gasteiger partial charge on any atom is 0.256 e. The third-order valence-corrected chi connectivity index (χ3v) is 5.14. The fraction of sp³-hybridized carbons (Fsp3) is 0.238. The Hall–Kier alpha value is -3.03. The minimum absolute atomic E-state index is 0.159. The summed E-state index contributed by atoms with van der Waals surface area (Å²) in [7, 11) is 0. The lowest BCUT2D eigenvalue weighted by Crippen LogP contribution is -2.52. The van der Waals surface area contributed by atoms with E-state index in [4.69, 9.17) is 22.1 Å². The Bertz CT molecular complexity index is 1080. The molecule has 1 atom stereocenters. The van der Waals surface area contributed by atoms with E-state index in [2.05, 4.69) is 17.0 Å². The number of carbonyl (C=O) groups is 1. The van der Waals surface area contributed by atoms with Crippen molar-refractivity contribution in [3.05, 3.63) is 76.7 Å². The number of amides is 1. The molecule has 7 nitrogen and oxygen atoms in total. The highest BCUT2D eigenvalue weighted by atomic mass is 35.5. The highest BCUT2D eigenvalue weighted by Crippen LogP contribution is 2.24. The van der Waals surface area contributed by atoms with E-state index in [1.165, 1.54) is 0 Å². The summed E-state index contributed by atoms with van der Waals surface area (Å²) in [5, 5.41) is 17.4. The van der Waals surface area contributed by atoms with Gasteiger partial charge in [0.1, 0.15) is 12.4 Å². The molecular formula is C21H23ClN4O3. The van der Waals surface area contributed by atoms with Crippen molar-refractivity contribution in [1.29, 1.82) is 0 Å². The van der Waals surface area contributed by atoms with Crippen LogP contribution in [-0.2, 0) is 6.61 Å². The van der Waals surface area contributed by atoms with Crippen LogP contribution in [0.5, 0.6) is 5.75 Å². The standard InChI is InChI=1S/C21H23ClN4O3/c1-13-19(20(28)24-21(3,12-27)14(2)23)18-10-16(8-9-26(18)25-13)29-11-15-6-4-5-7-17(15)22/h4-10,27H,2,11-12,23H2,1,3H3,(H,24,28). The average Bonchev–Trinajstić information content (AvgIpc) is 3.02. The number of nitrogens with one attached hydrogen (secondary N) is 1. The quantitative estimate of drug-likeness (QED) is 0.551. The highest BCUT2D eigenvalue weighted by molar-refractivity contribution is 6.31. The van der Waals surface area contributed by atoms with Gasteiger partial charge in [-0.05, 0) is 26.0 Å². The van der Waals surface area contributed by atoms with Gasteiger partial charge in [0, 0.05) is 28.5 Å². The SMILES string of the molecule is C=C(N)C(C)(CO)NC(=O)c1c(C)nn2ccc(OCc3ccccc3Cl)cc12. The van der Waals surface area contributed by atoms with E-state index in [1.54, 1.807) is 42.8 Å². The van der Waals surface area contributed by atoms with Gasteiger partial charge < -0.3 is 20.9 Å². The largest absolute Gasteiger partial charge is 0.489 e. The molecule has 0 saturated heterocycles. The lowest BCUT2D eigenvalue weighted by Gasteiger charge is -2.28. The molecule has 0 radical (unpaired) electrons. The summed E-state index contributed by atoms with van der Waals surface area (Å²) in [5.74, 6) is 0.156. The number of aliphatic hydroxyl groups is 1. The zero-order chi connectivity index (χ0) is 21.2. The van der Waals surface area contributed by atoms with Crippen molar-refractivity contribution in [2.45, 2.75) is 26.0 Å². The number of ether oxygens (including phenoxy) is 1. The first-order chi connectivity index (χ1) is 13.7. The van der Waals surface area contributed by atoms with Gasteiger partial charge in [0.15, 0.2) is 0 Å². The molecule has 0 fully saturated rings. The minimum atomic E-state index is -1.14. The lowest BCUT2D eigenvalue weighted by atomic mass is 9.99. The summed E-state index contributed by atoms with van der Waals surface area (Å²) in [6.07, 6.45) is 1.72. The van der Waals surface area contributed by atoms with Crippen LogP contribution in [0.3, 0.4) is 0 Å². The molecule has 1 unspecified atom stereocenters. The van der Waals surface area contributed by atoms with Crippen molar-refractivity contribution in [2.75, 3.05) is 6.61 Å². The van der Waals surface area contributed by atoms with Crippen LogP contribution in [0.15, 0.2) is 54.9 Å². The second-order valence-electron chi connectivity index (χ2n) is 7.00. The number of fused-ring (bicyclic) bond motifs is 1. The predicted octanol–water partition coefficient (Wildman–Crippen LogP) is 2.83. The fourth-order valence-corrected chi connectivity index (χ4v) is 3.02. The van der Waals surface area contributed by atoms with Gasteiger partial charge in [-0.15, -0.1) is 0 Å². The van der Waals surface area contributed by atoms with E-state index in [-0.39, 0.29) is 12.3 Å². The third kappa shape index (κ3) is 4.21. The van der Waals surface area contributed by atoms with Crippen molar-refractivity contribution in [2.24, 2.45) is 5.73 Å². The van der Waals surface area contributed by atoms with Crippen molar-refractivity contribution in [3.63, 3.8) is 0 Å². The summed E-state index contributed by atoms with van der Waals surface area (Å²) in [6, 6.07) is 10.9. The Morgan fingerprint density at radius 1 is 1.41 bits per heavy atom. The monoisotopic (exact) mass is 414 g/mol. The second kappa shape index (κ2) is 8.14. The number of aliphatic hydroxyl groups excluding tert-OH is 1. The summed E-state index contributed by atoms with van der Waals surface area (Å²) in [5.41, 5.74) is 7.09. The first kappa shape index (κ1) is 20.7. The number of nitrogens with zero attached hydrogens (tertiary/aromatic N) is 2. The number of halogens is 1. The summed E-state index contributed by atoms with van der Waals surface area (Å²) < 4.78 is 7.45. The van der Waals surface area contributed by atoms with Gasteiger partial charge >= 0.3 is 0 Å². The number of hydrogen-bond donors (Lipinski definition) is 3. The smallest absolute Gasteiger partial charge is 0.256 e. The molecule has 2 heterocycles. The van der Waals surface area contributed by atoms with Crippen molar-refractivity contribution < 1.29 is 14.6 Å². The maximum atomic E-state index is 12.9. The minimum Gasteiger partial charge on any atom is -0.489 e. The zero-order valence-electron chi connectivity index (χ0n) is 16.3. The van der Waals surface area contributed by atoms with Gasteiger partial charge in [-0.3, -0.25) is 4.79 Å². The molecule has 152 valence electrons. The molecular weight excluding hydrogens is 392 g/mol. The molecule has 0 bridgehead atoms. The van der Waals surface area contributed by atoms with Gasteiger partial charge in [-0.2, -0.15) is 5.10 Å². The lowest BCUT2D eigenvalue weighted by molar-refractivity contribution is 0.0881. The Kier molecular flexibility index (Phi) is 5.81. The number of rotatable bonds is 7. The van der Waals surface area contributed by atoms with E-state index in [0.29, 0.717) is 34.2 Å². The molecule has 29 heavy (non-hydrogen) atoms. The Morgan fingerprint density at radius 3 is 2.79 bits per heavy atom. The van der Waals surface area contributed by atoms with E-state index >= 15 is 0 Å². The fourth-order valence-electron chi connectivity index (χ4n) is 2.83. The molecule has 2 aromatic heterocycles. The molecule has 1 aromatic carbocycles. The van der Waals surface area contributed by atoms with Crippen molar-refractivity contribution in [1.82, 2.24) is 14.9 Å². The molecule has 1 amide bonds. The van der Waals surface area contributed by atoms with E-state index < -0.39 is 11.4 Å². The zero-order valence-corrected chi connectivity index (χ0v) is 17.0. The van der Waals surface area contributed by atoms with Crippen LogP contribution >= 0.6 is 11.6 Å². The Balaban J connectivity index is 1.89. The number of hydrogen-bond acceptors (Lipinski definition) is 5.